The number of phenols is 1. The first-order valence-corrected chi connectivity index (χ1v) is 7.49. The molecule has 1 N–H and O–H groups in total. The SMILES string of the molecule is CCN1CCOc2cc(/N=N/c3ccc([N+](=O)[O-])cc3)c(O)cc21. The highest BCUT2D eigenvalue weighted by molar-refractivity contribution is 5.70. The van der Waals surface area contributed by atoms with Crippen LogP contribution in [0.1, 0.15) is 6.92 Å². The van der Waals surface area contributed by atoms with E-state index >= 15 is 0 Å². The molecule has 0 aromatic heterocycles. The molecule has 0 amide bonds. The van der Waals surface area contributed by atoms with Crippen LogP contribution in [0, 0.1) is 10.1 Å². The van der Waals surface area contributed by atoms with Crippen molar-refractivity contribution < 1.29 is 14.8 Å². The van der Waals surface area contributed by atoms with E-state index in [1.165, 1.54) is 24.3 Å². The first kappa shape index (κ1) is 15.7. The Bertz CT molecular complexity index is 789. The summed E-state index contributed by atoms with van der Waals surface area (Å²) in [7, 11) is 0. The zero-order chi connectivity index (χ0) is 17.1. The summed E-state index contributed by atoms with van der Waals surface area (Å²) in [4.78, 5) is 12.3. The van der Waals surface area contributed by atoms with Crippen molar-refractivity contribution in [2.75, 3.05) is 24.6 Å². The molecule has 8 heteroatoms. The first-order chi connectivity index (χ1) is 11.6. The summed E-state index contributed by atoms with van der Waals surface area (Å²) in [5.74, 6) is 0.655. The third kappa shape index (κ3) is 3.12. The summed E-state index contributed by atoms with van der Waals surface area (Å²) >= 11 is 0. The van der Waals surface area contributed by atoms with Crippen LogP contribution < -0.4 is 9.64 Å². The van der Waals surface area contributed by atoms with E-state index < -0.39 is 4.92 Å². The largest absolute Gasteiger partial charge is 0.506 e. The minimum absolute atomic E-state index is 0.00311. The van der Waals surface area contributed by atoms with Crippen LogP contribution in [0.15, 0.2) is 46.6 Å². The number of nitro groups is 1. The van der Waals surface area contributed by atoms with E-state index in [0.29, 0.717) is 18.0 Å². The summed E-state index contributed by atoms with van der Waals surface area (Å²) in [6, 6.07) is 8.94. The molecule has 0 aliphatic carbocycles. The van der Waals surface area contributed by atoms with Crippen LogP contribution in [-0.4, -0.2) is 29.7 Å². The fourth-order valence-corrected chi connectivity index (χ4v) is 2.46. The van der Waals surface area contributed by atoms with Gasteiger partial charge >= 0.3 is 0 Å². The molecule has 0 bridgehead atoms. The standard InChI is InChI=1S/C16H16N4O4/c1-2-19-7-8-24-16-9-13(15(21)10-14(16)19)18-17-11-3-5-12(6-4-11)20(22)23/h3-6,9-10,21H,2,7-8H2,1H3/b18-17+. The number of ether oxygens (including phenoxy) is 1. The van der Waals surface area contributed by atoms with Crippen molar-refractivity contribution in [2.24, 2.45) is 10.2 Å². The van der Waals surface area contributed by atoms with Crippen LogP contribution >= 0.6 is 0 Å². The Kier molecular flexibility index (Phi) is 4.28. The van der Waals surface area contributed by atoms with Gasteiger partial charge < -0.3 is 14.7 Å². The highest BCUT2D eigenvalue weighted by Crippen LogP contribution is 2.41. The molecule has 0 atom stereocenters. The molecule has 1 aliphatic rings. The molecule has 124 valence electrons. The van der Waals surface area contributed by atoms with Crippen molar-refractivity contribution in [3.63, 3.8) is 0 Å². The minimum atomic E-state index is -0.479. The number of benzene rings is 2. The smallest absolute Gasteiger partial charge is 0.269 e. The van der Waals surface area contributed by atoms with Crippen LogP contribution in [0.25, 0.3) is 0 Å². The number of anilines is 1. The molecule has 1 heterocycles. The van der Waals surface area contributed by atoms with Gasteiger partial charge in [0.1, 0.15) is 23.8 Å². The Balaban J connectivity index is 1.86. The normalized spacial score (nSPS) is 13.6. The molecule has 0 fully saturated rings. The van der Waals surface area contributed by atoms with E-state index in [2.05, 4.69) is 15.1 Å². The van der Waals surface area contributed by atoms with Gasteiger partial charge in [0.25, 0.3) is 5.69 Å². The monoisotopic (exact) mass is 328 g/mol. The van der Waals surface area contributed by atoms with E-state index in [4.69, 9.17) is 4.74 Å². The van der Waals surface area contributed by atoms with Crippen molar-refractivity contribution in [2.45, 2.75) is 6.92 Å². The number of rotatable bonds is 4. The highest BCUT2D eigenvalue weighted by Gasteiger charge is 2.19. The molecule has 8 nitrogen and oxygen atoms in total. The molecule has 0 unspecified atom stereocenters. The molecule has 0 spiro atoms. The van der Waals surface area contributed by atoms with Crippen molar-refractivity contribution in [1.29, 1.82) is 0 Å². The predicted octanol–water partition coefficient (Wildman–Crippen LogP) is 3.93. The van der Waals surface area contributed by atoms with Gasteiger partial charge in [-0.15, -0.1) is 5.11 Å². The van der Waals surface area contributed by atoms with Gasteiger partial charge in [-0.2, -0.15) is 5.11 Å². The molecular weight excluding hydrogens is 312 g/mol. The van der Waals surface area contributed by atoms with E-state index in [9.17, 15) is 15.2 Å². The number of likely N-dealkylation sites (N-methyl/N-ethyl adjacent to an activating group) is 1. The summed E-state index contributed by atoms with van der Waals surface area (Å²) < 4.78 is 5.62. The van der Waals surface area contributed by atoms with Gasteiger partial charge in [-0.3, -0.25) is 10.1 Å². The lowest BCUT2D eigenvalue weighted by Gasteiger charge is -2.30. The van der Waals surface area contributed by atoms with Crippen LogP contribution in [-0.2, 0) is 0 Å². The average Bonchev–Trinajstić information content (AvgIpc) is 2.59. The number of nitro benzene ring substituents is 1. The lowest BCUT2D eigenvalue weighted by Crippen LogP contribution is -2.32. The maximum Gasteiger partial charge on any atom is 0.269 e. The third-order valence-electron chi connectivity index (χ3n) is 3.73. The summed E-state index contributed by atoms with van der Waals surface area (Å²) in [5.41, 5.74) is 1.55. The number of hydrogen-bond donors (Lipinski definition) is 1. The minimum Gasteiger partial charge on any atom is -0.506 e. The molecule has 0 radical (unpaired) electrons. The van der Waals surface area contributed by atoms with Gasteiger partial charge in [-0.25, -0.2) is 0 Å². The molecular formula is C16H16N4O4. The van der Waals surface area contributed by atoms with E-state index in [1.54, 1.807) is 12.1 Å². The Hall–Kier alpha value is -3.16. The van der Waals surface area contributed by atoms with E-state index in [0.717, 1.165) is 18.8 Å². The summed E-state index contributed by atoms with van der Waals surface area (Å²) in [6.45, 7) is 4.20. The van der Waals surface area contributed by atoms with Crippen LogP contribution in [0.5, 0.6) is 11.5 Å². The van der Waals surface area contributed by atoms with Crippen LogP contribution in [0.3, 0.4) is 0 Å². The topological polar surface area (TPSA) is 101 Å². The molecule has 2 aromatic rings. The molecule has 0 saturated carbocycles. The molecule has 1 aliphatic heterocycles. The fourth-order valence-electron chi connectivity index (χ4n) is 2.46. The Labute approximate surface area is 138 Å². The molecule has 0 saturated heterocycles. The molecule has 3 rings (SSSR count). The second-order valence-corrected chi connectivity index (χ2v) is 5.21. The summed E-state index contributed by atoms with van der Waals surface area (Å²) in [5, 5.41) is 28.8. The number of hydrogen-bond acceptors (Lipinski definition) is 7. The van der Waals surface area contributed by atoms with Crippen molar-refractivity contribution in [3.05, 3.63) is 46.5 Å². The Morgan fingerprint density at radius 1 is 1.29 bits per heavy atom. The van der Waals surface area contributed by atoms with Gasteiger partial charge in [0.15, 0.2) is 0 Å². The lowest BCUT2D eigenvalue weighted by molar-refractivity contribution is -0.384. The first-order valence-electron chi connectivity index (χ1n) is 7.49. The Morgan fingerprint density at radius 2 is 2.04 bits per heavy atom. The van der Waals surface area contributed by atoms with Gasteiger partial charge in [0.2, 0.25) is 0 Å². The zero-order valence-electron chi connectivity index (χ0n) is 13.0. The number of non-ortho nitro benzene ring substituents is 1. The number of azo groups is 1. The highest BCUT2D eigenvalue weighted by atomic mass is 16.6. The molecule has 2 aromatic carbocycles. The quantitative estimate of drug-likeness (QED) is 0.520. The van der Waals surface area contributed by atoms with Crippen molar-refractivity contribution >= 4 is 22.7 Å². The molecule has 24 heavy (non-hydrogen) atoms. The zero-order valence-corrected chi connectivity index (χ0v) is 13.0. The number of aromatic hydroxyl groups is 1. The maximum atomic E-state index is 10.6. The number of fused-ring (bicyclic) bond motifs is 1. The Morgan fingerprint density at radius 3 is 2.71 bits per heavy atom. The second kappa shape index (κ2) is 6.53. The van der Waals surface area contributed by atoms with Gasteiger partial charge in [0, 0.05) is 30.8 Å². The average molecular weight is 328 g/mol. The lowest BCUT2D eigenvalue weighted by atomic mass is 10.2. The van der Waals surface area contributed by atoms with Crippen LogP contribution in [0.2, 0.25) is 0 Å². The summed E-state index contributed by atoms with van der Waals surface area (Å²) in [6.07, 6.45) is 0. The fraction of sp³-hybridized carbons (Fsp3) is 0.250. The van der Waals surface area contributed by atoms with Crippen molar-refractivity contribution in [3.8, 4) is 11.5 Å². The number of nitrogens with zero attached hydrogens (tertiary/aromatic N) is 4. The van der Waals surface area contributed by atoms with Gasteiger partial charge in [-0.1, -0.05) is 0 Å². The maximum absolute atomic E-state index is 10.6. The van der Waals surface area contributed by atoms with Gasteiger partial charge in [-0.05, 0) is 19.1 Å². The van der Waals surface area contributed by atoms with E-state index in [1.807, 2.05) is 6.92 Å². The van der Waals surface area contributed by atoms with Crippen LogP contribution in [0.4, 0.5) is 22.7 Å². The number of phenolic OH excluding ortho intramolecular Hbond substituents is 1. The second-order valence-electron chi connectivity index (χ2n) is 5.21. The van der Waals surface area contributed by atoms with Gasteiger partial charge in [0.05, 0.1) is 22.8 Å². The third-order valence-corrected chi connectivity index (χ3v) is 3.73. The predicted molar refractivity (Wildman–Crippen MR) is 88.8 cm³/mol. The van der Waals surface area contributed by atoms with Crippen molar-refractivity contribution in [1.82, 2.24) is 0 Å². The van der Waals surface area contributed by atoms with E-state index in [-0.39, 0.29) is 17.1 Å².